The minimum atomic E-state index is -4.35. The summed E-state index contributed by atoms with van der Waals surface area (Å²) in [6.07, 6.45) is 14.5. The van der Waals surface area contributed by atoms with Gasteiger partial charge in [0, 0.05) is 69.5 Å². The molecule has 7 fully saturated rings. The molecule has 3 saturated heterocycles. The maximum Gasteiger partial charge on any atom is 0.405 e. The van der Waals surface area contributed by atoms with Gasteiger partial charge < -0.3 is 15.1 Å². The summed E-state index contributed by atoms with van der Waals surface area (Å²) >= 11 is 0. The van der Waals surface area contributed by atoms with Crippen molar-refractivity contribution in [2.75, 3.05) is 59.4 Å². The van der Waals surface area contributed by atoms with Gasteiger partial charge in [-0.05, 0) is 189 Å². The summed E-state index contributed by atoms with van der Waals surface area (Å²) in [5.74, 6) is 3.16. The molecule has 17 heteroatoms. The van der Waals surface area contributed by atoms with E-state index in [0.29, 0.717) is 62.3 Å². The van der Waals surface area contributed by atoms with Crippen LogP contribution in [0.2, 0.25) is 0 Å². The van der Waals surface area contributed by atoms with Gasteiger partial charge in [-0.15, -0.1) is 0 Å². The Morgan fingerprint density at radius 3 is 1.44 bits per heavy atom. The number of nitriles is 2. The van der Waals surface area contributed by atoms with Gasteiger partial charge in [-0.1, -0.05) is 96.9 Å². The molecule has 3 heterocycles. The van der Waals surface area contributed by atoms with E-state index in [4.69, 9.17) is 10.5 Å². The average Bonchev–Trinajstić information content (AvgIpc) is 3.92. The highest BCUT2D eigenvalue weighted by atomic mass is 19.4. The quantitative estimate of drug-likeness (QED) is 0.229. The zero-order chi connectivity index (χ0) is 62.9. The number of ketones is 1. The molecular formula is C65H119F8N7O2. The number of urea groups is 1. The molecule has 7 aliphatic rings. The molecular weight excluding hydrogens is 1060 g/mol. The van der Waals surface area contributed by atoms with Crippen molar-refractivity contribution in [2.24, 2.45) is 52.8 Å². The first-order valence-electron chi connectivity index (χ1n) is 32.5. The lowest BCUT2D eigenvalue weighted by Gasteiger charge is -2.40. The number of halogens is 8. The number of carbonyl (C=O) groups excluding carboxylic acids is 2. The highest BCUT2D eigenvalue weighted by molar-refractivity contribution is 5.80. The second-order valence-electron chi connectivity index (χ2n) is 25.8. The van der Waals surface area contributed by atoms with Crippen molar-refractivity contribution in [3.63, 3.8) is 0 Å². The van der Waals surface area contributed by atoms with Crippen LogP contribution in [0.5, 0.6) is 0 Å². The van der Waals surface area contributed by atoms with Gasteiger partial charge in [-0.3, -0.25) is 14.6 Å². The lowest BCUT2D eigenvalue weighted by atomic mass is 9.75. The molecule has 0 aromatic rings. The molecule has 0 bridgehead atoms. The third kappa shape index (κ3) is 34.4. The Labute approximate surface area is 495 Å². The molecule has 2 atom stereocenters. The molecule has 4 aliphatic carbocycles. The summed E-state index contributed by atoms with van der Waals surface area (Å²) in [5.41, 5.74) is 0.189. The Hall–Kier alpha value is -2.76. The lowest BCUT2D eigenvalue weighted by Crippen LogP contribution is -2.48. The van der Waals surface area contributed by atoms with Crippen LogP contribution >= 0.6 is 0 Å². The van der Waals surface area contributed by atoms with Gasteiger partial charge in [-0.2, -0.15) is 36.9 Å². The standard InChI is InChI=1S/C13H22N2.C12H21F3N2O.C12H21F2N.C12H19NO.C10H18F3N.3C2H6/c1-11-2-4-13(5-3-11)15-8-6-12(10-14)7-9-15;1-11(2,3)9-4-6-17(7-5-9)10(18)16-8-12(13,14)15;1-10-2-4-11(5-3-10)15-8-6-12(13,14)7-9-15;1-9(2)11-4-3-10(7-11)8-12(14)5-6-13;1-8-3-5-9(6-4-8)14(2)7-10(11,12)13;3*1-2/h11-13H,2-9H2,1H3;9H,4-8H2,1-3H3,(H,16,18);10-11H,2-9H2,1H3;9-11H,3-5,7-8H2,1-2H3;8-9H,3-7H2,1-2H3;3*1-2H3. The molecule has 9 nitrogen and oxygen atoms in total. The normalized spacial score (nSPS) is 27.2. The van der Waals surface area contributed by atoms with Crippen molar-refractivity contribution in [3.05, 3.63) is 0 Å². The fraction of sp³-hybridized carbons (Fsp3) is 0.938. The largest absolute Gasteiger partial charge is 0.405 e. The van der Waals surface area contributed by atoms with E-state index in [0.717, 1.165) is 94.2 Å². The Bertz CT molecular complexity index is 1710. The van der Waals surface area contributed by atoms with Gasteiger partial charge in [0.05, 0.1) is 25.1 Å². The van der Waals surface area contributed by atoms with Gasteiger partial charge in [-0.25, -0.2) is 13.6 Å². The fourth-order valence-electron chi connectivity index (χ4n) is 12.5. The summed E-state index contributed by atoms with van der Waals surface area (Å²) in [5, 5.41) is 19.1. The first-order valence-corrected chi connectivity index (χ1v) is 32.5. The third-order valence-electron chi connectivity index (χ3n) is 18.0. The van der Waals surface area contributed by atoms with Crippen LogP contribution in [-0.2, 0) is 4.79 Å². The van der Waals surface area contributed by atoms with E-state index in [-0.39, 0.29) is 36.5 Å². The maximum atomic E-state index is 13.0. The average molecular weight is 1180 g/mol. The number of piperidine rings is 3. The van der Waals surface area contributed by atoms with Crippen LogP contribution in [-0.4, -0.2) is 127 Å². The number of likely N-dealkylation sites (tertiary alicyclic amines) is 3. The zero-order valence-corrected chi connectivity index (χ0v) is 54.3. The highest BCUT2D eigenvalue weighted by Gasteiger charge is 2.38. The van der Waals surface area contributed by atoms with Crippen molar-refractivity contribution in [1.82, 2.24) is 24.9 Å². The number of rotatable bonds is 9. The van der Waals surface area contributed by atoms with E-state index in [1.165, 1.54) is 80.4 Å². The third-order valence-corrected chi connectivity index (χ3v) is 18.0. The second kappa shape index (κ2) is 41.4. The Balaban J connectivity index is 0.000000979. The summed E-state index contributed by atoms with van der Waals surface area (Å²) in [6.45, 7) is 32.4. The number of Topliss-reactive ketones (excluding diaryl/α,β-unsaturated/α-hetero) is 1. The molecule has 2 unspecified atom stereocenters. The van der Waals surface area contributed by atoms with E-state index in [1.54, 1.807) is 7.05 Å². The number of nitrogens with zero attached hydrogens (tertiary/aromatic N) is 6. The van der Waals surface area contributed by atoms with Crippen molar-refractivity contribution < 1.29 is 44.7 Å². The Morgan fingerprint density at radius 1 is 0.622 bits per heavy atom. The van der Waals surface area contributed by atoms with Crippen LogP contribution < -0.4 is 5.32 Å². The molecule has 82 heavy (non-hydrogen) atoms. The molecule has 1 N–H and O–H groups in total. The van der Waals surface area contributed by atoms with Gasteiger partial charge in [0.1, 0.15) is 12.3 Å². The van der Waals surface area contributed by atoms with E-state index >= 15 is 0 Å². The van der Waals surface area contributed by atoms with Gasteiger partial charge >= 0.3 is 18.4 Å². The van der Waals surface area contributed by atoms with Gasteiger partial charge in [0.2, 0.25) is 0 Å². The summed E-state index contributed by atoms with van der Waals surface area (Å²) in [4.78, 5) is 30.6. The van der Waals surface area contributed by atoms with Crippen LogP contribution in [0.15, 0.2) is 0 Å². The van der Waals surface area contributed by atoms with Crippen molar-refractivity contribution in [1.29, 1.82) is 10.5 Å². The van der Waals surface area contributed by atoms with Gasteiger partial charge in [0.15, 0.2) is 0 Å². The monoisotopic (exact) mass is 1180 g/mol. The fourth-order valence-corrected chi connectivity index (χ4v) is 12.5. The minimum absolute atomic E-state index is 0.0685. The van der Waals surface area contributed by atoms with Gasteiger partial charge in [0.25, 0.3) is 5.92 Å². The molecule has 7 rings (SSSR count). The smallest absolute Gasteiger partial charge is 0.329 e. The van der Waals surface area contributed by atoms with Crippen molar-refractivity contribution in [2.45, 2.75) is 281 Å². The predicted molar refractivity (Wildman–Crippen MR) is 321 cm³/mol. The topological polar surface area (TPSA) is 107 Å². The predicted octanol–water partition coefficient (Wildman–Crippen LogP) is 18.2. The molecule has 482 valence electrons. The molecule has 3 aliphatic heterocycles. The number of hydrogen-bond acceptors (Lipinski definition) is 7. The SMILES string of the molecule is CC.CC.CC.CC(C)(C)C1CCN(C(=O)NCC(F)(F)F)CC1.CC(C)C1CCC(CC(=O)CC#N)C1.CC1CCC(N(C)CC(F)(F)F)CC1.CC1CCC(N2CCC(C#N)CC2)CC1.CC1CCC(N2CCC(F)(F)CC2)CC1. The Morgan fingerprint density at radius 2 is 1.06 bits per heavy atom. The second-order valence-corrected chi connectivity index (χ2v) is 25.8. The van der Waals surface area contributed by atoms with Crippen molar-refractivity contribution >= 4 is 11.8 Å². The molecule has 0 aromatic heterocycles. The number of carbonyl (C=O) groups is 2. The Kier molecular flexibility index (Phi) is 40.0. The number of alkyl halides is 8. The van der Waals surface area contributed by atoms with Crippen molar-refractivity contribution in [3.8, 4) is 12.1 Å². The lowest BCUT2D eigenvalue weighted by molar-refractivity contribution is -0.148. The van der Waals surface area contributed by atoms with Crippen LogP contribution in [0.25, 0.3) is 0 Å². The number of amides is 2. The molecule has 2 amide bonds. The molecule has 0 aromatic carbocycles. The first kappa shape index (κ1) is 79.2. The van der Waals surface area contributed by atoms with Crippen LogP contribution in [0.1, 0.15) is 245 Å². The number of nitrogens with one attached hydrogen (secondary N) is 1. The maximum absolute atomic E-state index is 13.0. The van der Waals surface area contributed by atoms with Crippen LogP contribution in [0, 0.1) is 75.4 Å². The summed E-state index contributed by atoms with van der Waals surface area (Å²) in [6, 6.07) is 5.28. The molecule has 0 radical (unpaired) electrons. The minimum Gasteiger partial charge on any atom is -0.329 e. The summed E-state index contributed by atoms with van der Waals surface area (Å²) < 4.78 is 98.2. The highest BCUT2D eigenvalue weighted by Crippen LogP contribution is 2.39. The van der Waals surface area contributed by atoms with Crippen LogP contribution in [0.3, 0.4) is 0 Å². The first-order chi connectivity index (χ1) is 38.5. The molecule has 4 saturated carbocycles. The zero-order valence-electron chi connectivity index (χ0n) is 54.3. The van der Waals surface area contributed by atoms with Crippen LogP contribution in [0.4, 0.5) is 39.9 Å². The van der Waals surface area contributed by atoms with E-state index in [1.807, 2.05) is 52.9 Å². The molecule has 0 spiro atoms. The van der Waals surface area contributed by atoms with E-state index in [9.17, 15) is 44.7 Å². The van der Waals surface area contributed by atoms with E-state index in [2.05, 4.69) is 71.3 Å². The summed E-state index contributed by atoms with van der Waals surface area (Å²) in [7, 11) is 1.58. The number of hydrogen-bond donors (Lipinski definition) is 1. The van der Waals surface area contributed by atoms with E-state index < -0.39 is 37.4 Å².